The van der Waals surface area contributed by atoms with Crippen LogP contribution in [0, 0.1) is 5.92 Å². The fourth-order valence-electron chi connectivity index (χ4n) is 4.42. The minimum absolute atomic E-state index is 0.0785. The van der Waals surface area contributed by atoms with Crippen LogP contribution >= 0.6 is 0 Å². The predicted octanol–water partition coefficient (Wildman–Crippen LogP) is 4.63. The maximum atomic E-state index is 12.8. The molecule has 4 nitrogen and oxygen atoms in total. The van der Waals surface area contributed by atoms with Crippen LogP contribution in [-0.4, -0.2) is 47.8 Å². The summed E-state index contributed by atoms with van der Waals surface area (Å²) < 4.78 is 0. The van der Waals surface area contributed by atoms with E-state index in [-0.39, 0.29) is 17.2 Å². The fourth-order valence-corrected chi connectivity index (χ4v) is 4.42. The first kappa shape index (κ1) is 20.9. The molecule has 0 radical (unpaired) electrons. The Bertz CT molecular complexity index is 661. The number of hydrogen-bond donors (Lipinski definition) is 0. The molecule has 2 aliphatic rings. The molecular formula is C24H36N2O2. The van der Waals surface area contributed by atoms with E-state index in [4.69, 9.17) is 0 Å². The second-order valence-electron chi connectivity index (χ2n) is 9.54. The van der Waals surface area contributed by atoms with Crippen LogP contribution in [0.4, 0.5) is 0 Å². The van der Waals surface area contributed by atoms with Gasteiger partial charge in [0.15, 0.2) is 0 Å². The van der Waals surface area contributed by atoms with Crippen LogP contribution in [0.3, 0.4) is 0 Å². The Morgan fingerprint density at radius 3 is 2.04 bits per heavy atom. The molecular weight excluding hydrogens is 348 g/mol. The van der Waals surface area contributed by atoms with Gasteiger partial charge in [0.25, 0.3) is 5.91 Å². The molecule has 4 heteroatoms. The van der Waals surface area contributed by atoms with Crippen molar-refractivity contribution in [3.05, 3.63) is 35.4 Å². The molecule has 1 saturated carbocycles. The number of benzene rings is 1. The minimum Gasteiger partial charge on any atom is -0.339 e. The smallest absolute Gasteiger partial charge is 0.253 e. The SMILES string of the molecule is CC(C)(C)c1ccc(C(=O)N2CCN(C(=O)CCC3CCCCC3)CC2)cc1. The number of carbonyl (C=O) groups is 2. The predicted molar refractivity (Wildman–Crippen MR) is 113 cm³/mol. The van der Waals surface area contributed by atoms with Crippen molar-refractivity contribution in [2.24, 2.45) is 5.92 Å². The lowest BCUT2D eigenvalue weighted by Crippen LogP contribution is -2.50. The highest BCUT2D eigenvalue weighted by atomic mass is 16.2. The van der Waals surface area contributed by atoms with E-state index in [1.807, 2.05) is 21.9 Å². The van der Waals surface area contributed by atoms with Crippen LogP contribution < -0.4 is 0 Å². The number of rotatable bonds is 4. The van der Waals surface area contributed by atoms with Gasteiger partial charge in [0.1, 0.15) is 0 Å². The van der Waals surface area contributed by atoms with Crippen LogP contribution in [0.2, 0.25) is 0 Å². The summed E-state index contributed by atoms with van der Waals surface area (Å²) in [6.07, 6.45) is 8.32. The van der Waals surface area contributed by atoms with Gasteiger partial charge in [0, 0.05) is 38.2 Å². The van der Waals surface area contributed by atoms with Gasteiger partial charge >= 0.3 is 0 Å². The molecule has 2 fully saturated rings. The van der Waals surface area contributed by atoms with Gasteiger partial charge in [-0.2, -0.15) is 0 Å². The summed E-state index contributed by atoms with van der Waals surface area (Å²) in [5, 5.41) is 0. The first-order chi connectivity index (χ1) is 13.3. The Morgan fingerprint density at radius 1 is 0.893 bits per heavy atom. The van der Waals surface area contributed by atoms with E-state index >= 15 is 0 Å². The number of amides is 2. The van der Waals surface area contributed by atoms with Gasteiger partial charge in [-0.1, -0.05) is 65.0 Å². The fraction of sp³-hybridized carbons (Fsp3) is 0.667. The van der Waals surface area contributed by atoms with Crippen molar-refractivity contribution >= 4 is 11.8 Å². The Labute approximate surface area is 170 Å². The van der Waals surface area contributed by atoms with Crippen molar-refractivity contribution in [1.29, 1.82) is 0 Å². The second kappa shape index (κ2) is 9.11. The van der Waals surface area contributed by atoms with Gasteiger partial charge in [0.2, 0.25) is 5.91 Å². The van der Waals surface area contributed by atoms with E-state index in [1.165, 1.54) is 37.7 Å². The molecule has 0 atom stereocenters. The average molecular weight is 385 g/mol. The van der Waals surface area contributed by atoms with E-state index in [0.29, 0.717) is 32.6 Å². The highest BCUT2D eigenvalue weighted by Gasteiger charge is 2.25. The normalized spacial score (nSPS) is 19.0. The topological polar surface area (TPSA) is 40.6 Å². The van der Waals surface area contributed by atoms with Crippen molar-refractivity contribution in [3.63, 3.8) is 0 Å². The highest BCUT2D eigenvalue weighted by Crippen LogP contribution is 2.27. The molecule has 0 unspecified atom stereocenters. The van der Waals surface area contributed by atoms with Gasteiger partial charge in [0.05, 0.1) is 0 Å². The zero-order chi connectivity index (χ0) is 20.1. The van der Waals surface area contributed by atoms with Gasteiger partial charge in [-0.25, -0.2) is 0 Å². The Kier molecular flexibility index (Phi) is 6.79. The third kappa shape index (κ3) is 5.36. The molecule has 1 aliphatic carbocycles. The van der Waals surface area contributed by atoms with Crippen LogP contribution in [0.1, 0.15) is 81.6 Å². The highest BCUT2D eigenvalue weighted by molar-refractivity contribution is 5.94. The standard InChI is InChI=1S/C24H36N2O2/c1-24(2,3)21-12-10-20(11-13-21)23(28)26-17-15-25(16-18-26)22(27)14-9-19-7-5-4-6-8-19/h10-13,19H,4-9,14-18H2,1-3H3. The Balaban J connectivity index is 1.46. The summed E-state index contributed by atoms with van der Waals surface area (Å²) in [7, 11) is 0. The van der Waals surface area contributed by atoms with Crippen molar-refractivity contribution < 1.29 is 9.59 Å². The molecule has 1 aromatic carbocycles. The monoisotopic (exact) mass is 384 g/mol. The lowest BCUT2D eigenvalue weighted by Gasteiger charge is -2.35. The number of hydrogen-bond acceptors (Lipinski definition) is 2. The maximum Gasteiger partial charge on any atom is 0.253 e. The zero-order valence-corrected chi connectivity index (χ0v) is 17.9. The van der Waals surface area contributed by atoms with Crippen molar-refractivity contribution in [1.82, 2.24) is 9.80 Å². The van der Waals surface area contributed by atoms with Crippen LogP contribution in [0.25, 0.3) is 0 Å². The van der Waals surface area contributed by atoms with Gasteiger partial charge in [-0.05, 0) is 35.4 Å². The van der Waals surface area contributed by atoms with Gasteiger partial charge in [-0.3, -0.25) is 9.59 Å². The summed E-state index contributed by atoms with van der Waals surface area (Å²) in [4.78, 5) is 29.2. The maximum absolute atomic E-state index is 12.8. The summed E-state index contributed by atoms with van der Waals surface area (Å²) in [6.45, 7) is 9.12. The van der Waals surface area contributed by atoms with E-state index < -0.39 is 0 Å². The summed E-state index contributed by atoms with van der Waals surface area (Å²) >= 11 is 0. The first-order valence-corrected chi connectivity index (χ1v) is 11.0. The molecule has 2 amide bonds. The average Bonchev–Trinajstić information content (AvgIpc) is 2.72. The zero-order valence-electron chi connectivity index (χ0n) is 17.9. The molecule has 3 rings (SSSR count). The number of nitrogens with zero attached hydrogens (tertiary/aromatic N) is 2. The second-order valence-corrected chi connectivity index (χ2v) is 9.54. The van der Waals surface area contributed by atoms with Crippen LogP contribution in [0.5, 0.6) is 0 Å². The van der Waals surface area contributed by atoms with Crippen molar-refractivity contribution in [3.8, 4) is 0 Å². The summed E-state index contributed by atoms with van der Waals surface area (Å²) in [5.41, 5.74) is 2.06. The van der Waals surface area contributed by atoms with E-state index in [2.05, 4.69) is 32.9 Å². The molecule has 0 spiro atoms. The molecule has 0 bridgehead atoms. The van der Waals surface area contributed by atoms with Crippen molar-refractivity contribution in [2.45, 2.75) is 71.1 Å². The number of piperazine rings is 1. The Hall–Kier alpha value is -1.84. The summed E-state index contributed by atoms with van der Waals surface area (Å²) in [6, 6.07) is 7.98. The quantitative estimate of drug-likeness (QED) is 0.759. The van der Waals surface area contributed by atoms with E-state index in [9.17, 15) is 9.59 Å². The third-order valence-electron chi connectivity index (χ3n) is 6.41. The molecule has 1 saturated heterocycles. The molecule has 28 heavy (non-hydrogen) atoms. The van der Waals surface area contributed by atoms with Gasteiger partial charge < -0.3 is 9.80 Å². The van der Waals surface area contributed by atoms with Crippen LogP contribution in [0.15, 0.2) is 24.3 Å². The van der Waals surface area contributed by atoms with Crippen LogP contribution in [-0.2, 0) is 10.2 Å². The lowest BCUT2D eigenvalue weighted by molar-refractivity contribution is -0.133. The van der Waals surface area contributed by atoms with Crippen molar-refractivity contribution in [2.75, 3.05) is 26.2 Å². The lowest BCUT2D eigenvalue weighted by atomic mass is 9.86. The molecule has 1 aliphatic heterocycles. The Morgan fingerprint density at radius 2 is 1.46 bits per heavy atom. The number of carbonyl (C=O) groups excluding carboxylic acids is 2. The minimum atomic E-state index is 0.0785. The molecule has 1 heterocycles. The molecule has 0 N–H and O–H groups in total. The molecule has 0 aromatic heterocycles. The van der Waals surface area contributed by atoms with Gasteiger partial charge in [-0.15, -0.1) is 0 Å². The first-order valence-electron chi connectivity index (χ1n) is 11.0. The summed E-state index contributed by atoms with van der Waals surface area (Å²) in [5.74, 6) is 1.10. The third-order valence-corrected chi connectivity index (χ3v) is 6.41. The van der Waals surface area contributed by atoms with E-state index in [1.54, 1.807) is 0 Å². The molecule has 1 aromatic rings. The van der Waals surface area contributed by atoms with E-state index in [0.717, 1.165) is 17.9 Å². The largest absolute Gasteiger partial charge is 0.339 e. The molecule has 154 valence electrons.